The van der Waals surface area contributed by atoms with E-state index in [1.165, 1.54) is 0 Å². The van der Waals surface area contributed by atoms with E-state index in [-0.39, 0.29) is 6.10 Å². The zero-order chi connectivity index (χ0) is 14.5. The third kappa shape index (κ3) is 3.84. The maximum absolute atomic E-state index is 10.5. The van der Waals surface area contributed by atoms with Crippen LogP contribution >= 0.6 is 0 Å². The van der Waals surface area contributed by atoms with Gasteiger partial charge in [0.05, 0.1) is 6.61 Å². The molecular formula is C16H20O4. The van der Waals surface area contributed by atoms with Crippen LogP contribution in [-0.4, -0.2) is 30.4 Å². The Kier molecular flexibility index (Phi) is 4.79. The van der Waals surface area contributed by atoms with Crippen molar-refractivity contribution < 1.29 is 19.4 Å². The van der Waals surface area contributed by atoms with E-state index >= 15 is 0 Å². The molecule has 1 aromatic rings. The SMILES string of the molecule is Cc1cc(/C=C/C(=O)O)cc(C)c1OC1CCCOC1. The topological polar surface area (TPSA) is 55.8 Å². The van der Waals surface area contributed by atoms with E-state index < -0.39 is 5.97 Å². The first-order valence-corrected chi connectivity index (χ1v) is 6.83. The Morgan fingerprint density at radius 1 is 1.40 bits per heavy atom. The van der Waals surface area contributed by atoms with E-state index in [1.54, 1.807) is 6.08 Å². The summed E-state index contributed by atoms with van der Waals surface area (Å²) in [5.74, 6) is -0.0621. The quantitative estimate of drug-likeness (QED) is 0.859. The summed E-state index contributed by atoms with van der Waals surface area (Å²) in [6.45, 7) is 5.41. The van der Waals surface area contributed by atoms with E-state index in [2.05, 4.69) is 0 Å². The van der Waals surface area contributed by atoms with Crippen molar-refractivity contribution in [2.45, 2.75) is 32.8 Å². The van der Waals surface area contributed by atoms with E-state index in [9.17, 15) is 4.79 Å². The first-order valence-electron chi connectivity index (χ1n) is 6.83. The van der Waals surface area contributed by atoms with Gasteiger partial charge in [-0.3, -0.25) is 0 Å². The maximum atomic E-state index is 10.5. The first kappa shape index (κ1) is 14.6. The molecule has 108 valence electrons. The predicted molar refractivity (Wildman–Crippen MR) is 77.1 cm³/mol. The highest BCUT2D eigenvalue weighted by Gasteiger charge is 2.17. The Balaban J connectivity index is 2.15. The van der Waals surface area contributed by atoms with E-state index in [0.717, 1.165) is 48.0 Å². The summed E-state index contributed by atoms with van der Waals surface area (Å²) < 4.78 is 11.5. The fourth-order valence-corrected chi connectivity index (χ4v) is 2.40. The zero-order valence-electron chi connectivity index (χ0n) is 11.9. The van der Waals surface area contributed by atoms with Crippen molar-refractivity contribution >= 4 is 12.0 Å². The molecule has 1 fully saturated rings. The molecule has 1 saturated heterocycles. The molecule has 1 aliphatic rings. The molecule has 0 saturated carbocycles. The molecule has 0 amide bonds. The third-order valence-electron chi connectivity index (χ3n) is 3.30. The minimum absolute atomic E-state index is 0.113. The van der Waals surface area contributed by atoms with E-state index in [4.69, 9.17) is 14.6 Å². The number of ether oxygens (including phenoxy) is 2. The van der Waals surface area contributed by atoms with Gasteiger partial charge in [0.15, 0.2) is 0 Å². The van der Waals surface area contributed by atoms with Crippen LogP contribution in [0.1, 0.15) is 29.5 Å². The average Bonchev–Trinajstić information content (AvgIpc) is 2.42. The van der Waals surface area contributed by atoms with Crippen molar-refractivity contribution in [2.75, 3.05) is 13.2 Å². The fraction of sp³-hybridized carbons (Fsp3) is 0.438. The van der Waals surface area contributed by atoms with Crippen molar-refractivity contribution in [3.63, 3.8) is 0 Å². The van der Waals surface area contributed by atoms with Crippen LogP contribution in [-0.2, 0) is 9.53 Å². The fourth-order valence-electron chi connectivity index (χ4n) is 2.40. The van der Waals surface area contributed by atoms with E-state index in [1.807, 2.05) is 26.0 Å². The summed E-state index contributed by atoms with van der Waals surface area (Å²) >= 11 is 0. The zero-order valence-corrected chi connectivity index (χ0v) is 11.9. The van der Waals surface area contributed by atoms with Crippen molar-refractivity contribution in [2.24, 2.45) is 0 Å². The first-order chi connectivity index (χ1) is 9.56. The Labute approximate surface area is 119 Å². The molecule has 1 atom stereocenters. The summed E-state index contributed by atoms with van der Waals surface area (Å²) in [5, 5.41) is 8.66. The molecule has 0 radical (unpaired) electrons. The van der Waals surface area contributed by atoms with Gasteiger partial charge >= 0.3 is 5.97 Å². The average molecular weight is 276 g/mol. The Bertz CT molecular complexity index is 490. The number of carboxylic acid groups (broad SMARTS) is 1. The number of carbonyl (C=O) groups is 1. The summed E-state index contributed by atoms with van der Waals surface area (Å²) in [6, 6.07) is 3.87. The molecular weight excluding hydrogens is 256 g/mol. The largest absolute Gasteiger partial charge is 0.487 e. The number of carboxylic acids is 1. The molecule has 1 aromatic carbocycles. The number of hydrogen-bond acceptors (Lipinski definition) is 3. The van der Waals surface area contributed by atoms with Gasteiger partial charge in [-0.05, 0) is 61.6 Å². The molecule has 0 aliphatic carbocycles. The summed E-state index contributed by atoms with van der Waals surface area (Å²) in [4.78, 5) is 10.5. The molecule has 1 heterocycles. The molecule has 0 spiro atoms. The number of rotatable bonds is 4. The Hall–Kier alpha value is -1.81. The lowest BCUT2D eigenvalue weighted by atomic mass is 10.0. The molecule has 1 N–H and O–H groups in total. The Morgan fingerprint density at radius 3 is 2.65 bits per heavy atom. The molecule has 2 rings (SSSR count). The highest BCUT2D eigenvalue weighted by Crippen LogP contribution is 2.28. The van der Waals surface area contributed by atoms with Gasteiger partial charge in [0.2, 0.25) is 0 Å². The van der Waals surface area contributed by atoms with Crippen molar-refractivity contribution in [3.05, 3.63) is 34.9 Å². The molecule has 4 nitrogen and oxygen atoms in total. The highest BCUT2D eigenvalue weighted by molar-refractivity contribution is 5.85. The van der Waals surface area contributed by atoms with Gasteiger partial charge in [0, 0.05) is 12.7 Å². The molecule has 4 heteroatoms. The lowest BCUT2D eigenvalue weighted by Gasteiger charge is -2.25. The monoisotopic (exact) mass is 276 g/mol. The molecule has 0 bridgehead atoms. The van der Waals surface area contributed by atoms with Gasteiger partial charge in [-0.1, -0.05) is 0 Å². The van der Waals surface area contributed by atoms with Crippen LogP contribution < -0.4 is 4.74 Å². The second kappa shape index (κ2) is 6.57. The second-order valence-electron chi connectivity index (χ2n) is 5.11. The summed E-state index contributed by atoms with van der Waals surface area (Å²) in [7, 11) is 0. The van der Waals surface area contributed by atoms with Crippen LogP contribution in [0.3, 0.4) is 0 Å². The van der Waals surface area contributed by atoms with Crippen LogP contribution in [0.25, 0.3) is 6.08 Å². The lowest BCUT2D eigenvalue weighted by molar-refractivity contribution is -0.131. The van der Waals surface area contributed by atoms with Crippen LogP contribution in [0.2, 0.25) is 0 Å². The Morgan fingerprint density at radius 2 is 2.10 bits per heavy atom. The van der Waals surface area contributed by atoms with Gasteiger partial charge < -0.3 is 14.6 Å². The highest BCUT2D eigenvalue weighted by atomic mass is 16.5. The standard InChI is InChI=1S/C16H20O4/c1-11-8-13(5-6-15(17)18)9-12(2)16(11)20-14-4-3-7-19-10-14/h5-6,8-9,14H,3-4,7,10H2,1-2H3,(H,17,18)/b6-5+. The van der Waals surface area contributed by atoms with Crippen LogP contribution in [0.4, 0.5) is 0 Å². The molecule has 0 aromatic heterocycles. The number of benzene rings is 1. The van der Waals surface area contributed by atoms with Crippen LogP contribution in [0.5, 0.6) is 5.75 Å². The van der Waals surface area contributed by atoms with Crippen molar-refractivity contribution in [1.29, 1.82) is 0 Å². The van der Waals surface area contributed by atoms with Gasteiger partial charge in [-0.15, -0.1) is 0 Å². The molecule has 1 unspecified atom stereocenters. The predicted octanol–water partition coefficient (Wildman–Crippen LogP) is 2.96. The molecule has 1 aliphatic heterocycles. The lowest BCUT2D eigenvalue weighted by Crippen LogP contribution is -2.28. The van der Waals surface area contributed by atoms with Gasteiger partial charge in [-0.25, -0.2) is 4.79 Å². The summed E-state index contributed by atoms with van der Waals surface area (Å²) in [6.07, 6.45) is 4.89. The van der Waals surface area contributed by atoms with Gasteiger partial charge in [0.25, 0.3) is 0 Å². The third-order valence-corrected chi connectivity index (χ3v) is 3.30. The smallest absolute Gasteiger partial charge is 0.328 e. The second-order valence-corrected chi connectivity index (χ2v) is 5.11. The number of hydrogen-bond donors (Lipinski definition) is 1. The van der Waals surface area contributed by atoms with E-state index in [0.29, 0.717) is 6.61 Å². The number of aliphatic carboxylic acids is 1. The normalized spacial score (nSPS) is 19.2. The van der Waals surface area contributed by atoms with Crippen LogP contribution in [0, 0.1) is 13.8 Å². The van der Waals surface area contributed by atoms with Gasteiger partial charge in [0.1, 0.15) is 11.9 Å². The number of aryl methyl sites for hydroxylation is 2. The van der Waals surface area contributed by atoms with Crippen molar-refractivity contribution in [3.8, 4) is 5.75 Å². The minimum Gasteiger partial charge on any atom is -0.487 e. The van der Waals surface area contributed by atoms with Crippen molar-refractivity contribution in [1.82, 2.24) is 0 Å². The minimum atomic E-state index is -0.944. The molecule has 20 heavy (non-hydrogen) atoms. The van der Waals surface area contributed by atoms with Crippen LogP contribution in [0.15, 0.2) is 18.2 Å². The maximum Gasteiger partial charge on any atom is 0.328 e. The summed E-state index contributed by atoms with van der Waals surface area (Å²) in [5.41, 5.74) is 2.90. The van der Waals surface area contributed by atoms with Gasteiger partial charge in [-0.2, -0.15) is 0 Å².